The Morgan fingerprint density at radius 3 is 1.73 bits per heavy atom. The highest BCUT2D eigenvalue weighted by Crippen LogP contribution is 2.43. The van der Waals surface area contributed by atoms with Crippen LogP contribution in [0.3, 0.4) is 0 Å². The van der Waals surface area contributed by atoms with Gasteiger partial charge in [-0.3, -0.25) is 18.6 Å². The first-order valence-corrected chi connectivity index (χ1v) is 25.7. The molecule has 0 aliphatic heterocycles. The van der Waals surface area contributed by atoms with E-state index in [0.717, 1.165) is 38.5 Å². The minimum atomic E-state index is -4.42. The van der Waals surface area contributed by atoms with E-state index < -0.39 is 38.6 Å². The van der Waals surface area contributed by atoms with Crippen LogP contribution in [0.2, 0.25) is 0 Å². The van der Waals surface area contributed by atoms with Gasteiger partial charge in [0.25, 0.3) is 0 Å². The van der Waals surface area contributed by atoms with Crippen molar-refractivity contribution in [3.05, 3.63) is 85.1 Å². The number of nitrogens with two attached hydrogens (primary N) is 1. The minimum Gasteiger partial charge on any atom is -0.462 e. The van der Waals surface area contributed by atoms with Crippen LogP contribution in [0, 0.1) is 0 Å². The van der Waals surface area contributed by atoms with Crippen LogP contribution in [0.5, 0.6) is 0 Å². The molecule has 0 spiro atoms. The standard InChI is InChI=1S/C51H88NO9P/c1-3-5-7-9-11-12-13-14-15-16-17-18-19-20-21-22-23-27-30-34-38-42-50(54)58-46-49(47-60-62(56,57)59-45-44-52)61-51(55)43-39-35-31-28-25-24-26-29-33-37-41-48(53)40-36-32-10-8-6-4-2/h6,8,14-15,24-25,29,31-33,35-37,41,48-49,53H,3-5,7,9-13,16-23,26-28,30,34,38-40,42-47,52H2,1-2H3,(H,56,57)/b8-6-,15-14-,25-24-,33-29-,35-31-,36-32-,41-37+/t48?,49-/m1/s1. The topological polar surface area (TPSA) is 155 Å². The average Bonchev–Trinajstić information content (AvgIpc) is 3.26. The highest BCUT2D eigenvalue weighted by atomic mass is 31.2. The van der Waals surface area contributed by atoms with Crippen LogP contribution < -0.4 is 5.73 Å². The number of hydrogen-bond donors (Lipinski definition) is 3. The van der Waals surface area contributed by atoms with E-state index in [9.17, 15) is 24.2 Å². The smallest absolute Gasteiger partial charge is 0.462 e. The summed E-state index contributed by atoms with van der Waals surface area (Å²) < 4.78 is 32.7. The summed E-state index contributed by atoms with van der Waals surface area (Å²) in [7, 11) is -4.42. The van der Waals surface area contributed by atoms with E-state index in [1.54, 1.807) is 6.08 Å². The Bertz CT molecular complexity index is 1310. The Balaban J connectivity index is 4.25. The molecule has 0 saturated heterocycles. The number of ether oxygens (including phenoxy) is 2. The fraction of sp³-hybridized carbons (Fsp3) is 0.686. The lowest BCUT2D eigenvalue weighted by atomic mass is 10.0. The molecule has 0 fully saturated rings. The van der Waals surface area contributed by atoms with E-state index in [-0.39, 0.29) is 32.6 Å². The highest BCUT2D eigenvalue weighted by Gasteiger charge is 2.25. The molecule has 0 amide bonds. The molecule has 0 bridgehead atoms. The zero-order chi connectivity index (χ0) is 45.5. The molecule has 10 nitrogen and oxygen atoms in total. The van der Waals surface area contributed by atoms with Crippen molar-refractivity contribution in [2.75, 3.05) is 26.4 Å². The third kappa shape index (κ3) is 45.2. The maximum absolute atomic E-state index is 12.6. The second-order valence-corrected chi connectivity index (χ2v) is 17.2. The van der Waals surface area contributed by atoms with Gasteiger partial charge in [-0.25, -0.2) is 4.57 Å². The van der Waals surface area contributed by atoms with Gasteiger partial charge in [-0.05, 0) is 70.6 Å². The van der Waals surface area contributed by atoms with Crippen molar-refractivity contribution >= 4 is 19.8 Å². The maximum Gasteiger partial charge on any atom is 0.472 e. The summed E-state index contributed by atoms with van der Waals surface area (Å²) in [5, 5.41) is 10.0. The van der Waals surface area contributed by atoms with Crippen LogP contribution in [-0.2, 0) is 32.7 Å². The molecule has 3 atom stereocenters. The van der Waals surface area contributed by atoms with Gasteiger partial charge in [0, 0.05) is 19.4 Å². The summed E-state index contributed by atoms with van der Waals surface area (Å²) in [4.78, 5) is 35.0. The van der Waals surface area contributed by atoms with E-state index in [1.165, 1.54) is 96.3 Å². The second kappa shape index (κ2) is 46.2. The van der Waals surface area contributed by atoms with E-state index in [2.05, 4.69) is 44.2 Å². The van der Waals surface area contributed by atoms with Gasteiger partial charge in [-0.15, -0.1) is 0 Å². The Labute approximate surface area is 377 Å². The van der Waals surface area contributed by atoms with Crippen molar-refractivity contribution in [1.82, 2.24) is 0 Å². The largest absolute Gasteiger partial charge is 0.472 e. The molecule has 2 unspecified atom stereocenters. The first-order valence-electron chi connectivity index (χ1n) is 24.2. The van der Waals surface area contributed by atoms with E-state index in [0.29, 0.717) is 25.7 Å². The summed E-state index contributed by atoms with van der Waals surface area (Å²) in [6, 6.07) is 0. The number of allylic oxidation sites excluding steroid dienone is 12. The molecule has 0 saturated carbocycles. The third-order valence-electron chi connectivity index (χ3n) is 9.86. The molecule has 0 heterocycles. The summed E-state index contributed by atoms with van der Waals surface area (Å²) >= 11 is 0. The van der Waals surface area contributed by atoms with E-state index in [1.807, 2.05) is 48.6 Å². The van der Waals surface area contributed by atoms with Crippen LogP contribution in [0.1, 0.15) is 187 Å². The molecule has 0 radical (unpaired) electrons. The number of aliphatic hydroxyl groups excluding tert-OH is 1. The molecule has 0 aromatic carbocycles. The van der Waals surface area contributed by atoms with Crippen LogP contribution in [0.4, 0.5) is 0 Å². The molecule has 0 rings (SSSR count). The van der Waals surface area contributed by atoms with Gasteiger partial charge in [0.05, 0.1) is 19.3 Å². The number of unbranched alkanes of at least 4 members (excludes halogenated alkanes) is 17. The lowest BCUT2D eigenvalue weighted by Gasteiger charge is -2.19. The summed E-state index contributed by atoms with van der Waals surface area (Å²) in [6.45, 7) is 3.45. The van der Waals surface area contributed by atoms with Gasteiger partial charge >= 0.3 is 19.8 Å². The Kier molecular flexibility index (Phi) is 44.0. The number of phosphoric acid groups is 1. The maximum atomic E-state index is 12.6. The van der Waals surface area contributed by atoms with E-state index in [4.69, 9.17) is 24.3 Å². The number of esters is 2. The first-order chi connectivity index (χ1) is 30.2. The SMILES string of the molecule is CC/C=C\C/C=C\CC(O)/C=C/C=C\C/C=C\C/C=C\CCC(=O)O[C@H](COC(=O)CCCCCCCCCCCCC/C=C\CCCCCCCC)COP(=O)(O)OCCN. The molecular formula is C51H88NO9P. The fourth-order valence-corrected chi connectivity index (χ4v) is 7.03. The van der Waals surface area contributed by atoms with Crippen molar-refractivity contribution < 1.29 is 42.7 Å². The zero-order valence-corrected chi connectivity index (χ0v) is 39.8. The number of carbonyl (C=O) groups is 2. The molecular weight excluding hydrogens is 802 g/mol. The monoisotopic (exact) mass is 890 g/mol. The Hall–Kier alpha value is -2.85. The van der Waals surface area contributed by atoms with Gasteiger partial charge < -0.3 is 25.2 Å². The highest BCUT2D eigenvalue weighted by molar-refractivity contribution is 7.47. The molecule has 356 valence electrons. The second-order valence-electron chi connectivity index (χ2n) is 15.8. The van der Waals surface area contributed by atoms with Crippen LogP contribution >= 0.6 is 7.82 Å². The molecule has 0 aromatic rings. The molecule has 11 heteroatoms. The molecule has 62 heavy (non-hydrogen) atoms. The number of hydrogen-bond acceptors (Lipinski definition) is 9. The van der Waals surface area contributed by atoms with Crippen molar-refractivity contribution in [2.45, 2.75) is 199 Å². The molecule has 0 aliphatic rings. The van der Waals surface area contributed by atoms with Crippen molar-refractivity contribution in [2.24, 2.45) is 5.73 Å². The number of aliphatic hydroxyl groups is 1. The van der Waals surface area contributed by atoms with Gasteiger partial charge in [-0.1, -0.05) is 189 Å². The lowest BCUT2D eigenvalue weighted by molar-refractivity contribution is -0.161. The van der Waals surface area contributed by atoms with Crippen LogP contribution in [-0.4, -0.2) is 60.5 Å². The summed E-state index contributed by atoms with van der Waals surface area (Å²) in [6.07, 6.45) is 55.2. The lowest BCUT2D eigenvalue weighted by Crippen LogP contribution is -2.29. The minimum absolute atomic E-state index is 0.0297. The zero-order valence-electron chi connectivity index (χ0n) is 38.9. The predicted octanol–water partition coefficient (Wildman–Crippen LogP) is 13.4. The van der Waals surface area contributed by atoms with Crippen molar-refractivity contribution in [1.29, 1.82) is 0 Å². The van der Waals surface area contributed by atoms with Crippen LogP contribution in [0.15, 0.2) is 85.1 Å². The van der Waals surface area contributed by atoms with Gasteiger partial charge in [0.1, 0.15) is 6.61 Å². The average molecular weight is 890 g/mol. The Morgan fingerprint density at radius 1 is 0.581 bits per heavy atom. The van der Waals surface area contributed by atoms with Crippen molar-refractivity contribution in [3.63, 3.8) is 0 Å². The normalized spacial score (nSPS) is 14.5. The van der Waals surface area contributed by atoms with Crippen LogP contribution in [0.25, 0.3) is 0 Å². The third-order valence-corrected chi connectivity index (χ3v) is 10.8. The molecule has 0 aromatic heterocycles. The summed E-state index contributed by atoms with van der Waals surface area (Å²) in [5.41, 5.74) is 5.35. The number of carbonyl (C=O) groups excluding carboxylic acids is 2. The first kappa shape index (κ1) is 59.1. The summed E-state index contributed by atoms with van der Waals surface area (Å²) in [5.74, 6) is -0.960. The van der Waals surface area contributed by atoms with Gasteiger partial charge in [0.15, 0.2) is 6.10 Å². The Morgan fingerprint density at radius 2 is 1.11 bits per heavy atom. The van der Waals surface area contributed by atoms with Gasteiger partial charge in [-0.2, -0.15) is 0 Å². The quantitative estimate of drug-likeness (QED) is 0.0177. The van der Waals surface area contributed by atoms with E-state index >= 15 is 0 Å². The fourth-order valence-electron chi connectivity index (χ4n) is 6.27. The van der Waals surface area contributed by atoms with Crippen molar-refractivity contribution in [3.8, 4) is 0 Å². The number of phosphoric ester groups is 1. The predicted molar refractivity (Wildman–Crippen MR) is 258 cm³/mol. The van der Waals surface area contributed by atoms with Gasteiger partial charge in [0.2, 0.25) is 0 Å². The molecule has 0 aliphatic carbocycles. The molecule has 4 N–H and O–H groups in total. The number of rotatable bonds is 44.